The summed E-state index contributed by atoms with van der Waals surface area (Å²) in [6.45, 7) is 38.3. The number of aryl methyl sites for hydroxylation is 7. The molecule has 0 aliphatic heterocycles. The zero-order valence-corrected chi connectivity index (χ0v) is 76.8. The fourth-order valence-corrected chi connectivity index (χ4v) is 18.3. The summed E-state index contributed by atoms with van der Waals surface area (Å²) in [6.07, 6.45) is 5.29. The van der Waals surface area contributed by atoms with Gasteiger partial charge in [0, 0.05) is 64.4 Å². The summed E-state index contributed by atoms with van der Waals surface area (Å²) in [6, 6.07) is 67.3. The maximum atomic E-state index is 13.2. The maximum Gasteiger partial charge on any atom is 0.263 e. The molecule has 8 heterocycles. The van der Waals surface area contributed by atoms with Crippen LogP contribution in [-0.4, -0.2) is 92.7 Å². The zero-order valence-electron chi connectivity index (χ0n) is 72.7. The molecular weight excluding hydrogens is 1660 g/mol. The topological polar surface area (TPSA) is 308 Å². The molecule has 0 aliphatic rings. The molecule has 0 amide bonds. The van der Waals surface area contributed by atoms with Gasteiger partial charge in [-0.3, -0.25) is 28.9 Å². The molecule has 24 nitrogen and oxygen atoms in total. The molecule has 29 heteroatoms. The highest BCUT2D eigenvalue weighted by Gasteiger charge is 2.28. The number of anilines is 4. The van der Waals surface area contributed by atoms with Gasteiger partial charge in [-0.15, -0.1) is 0 Å². The van der Waals surface area contributed by atoms with Crippen LogP contribution in [0.4, 0.5) is 23.3 Å². The van der Waals surface area contributed by atoms with Gasteiger partial charge in [-0.2, -0.15) is 29.8 Å². The van der Waals surface area contributed by atoms with Crippen molar-refractivity contribution in [3.05, 3.63) is 310 Å². The first kappa shape index (κ1) is 89.3. The fourth-order valence-electron chi connectivity index (χ4n) is 14.0. The van der Waals surface area contributed by atoms with E-state index in [1.165, 1.54) is 4.68 Å². The van der Waals surface area contributed by atoms with Crippen LogP contribution < -0.4 is 18.9 Å². The minimum atomic E-state index is -3.82. The molecule has 16 rings (SSSR count). The molecule has 0 saturated heterocycles. The molecule has 0 bridgehead atoms. The van der Waals surface area contributed by atoms with E-state index >= 15 is 0 Å². The standard InChI is InChI=1S/C24H25ClN4O2S.2C24H26N4O2S.C23H24N4O2S/c1-15-12-13-26-23-19(25)10-11-20(22(15)23)29-21(14-16(2)27-29)28-32(30,31)18-8-6-17(7-9-18)24(3,4)5;1-16-13-20-21(25-15-16)7-6-8-22(20)28-23(14-17(2)26-28)27-31(29,30)19-11-9-18(10-12-19)24(3,4)5;1-16-15-25-23(21-9-7-6-8-20(16)21)28-22(14-17(2)26-28)27-31(29,30)19-12-10-18(11-13-19)24(3,4)5;1-16-15-22(26-30(28,29)19-12-10-18(11-13-19)23(2,3)4)27(25-16)21-14-9-17-7-5-6-8-20(17)24-21/h6-14,28H,1-5H3;2*6-15,27H,1-5H3;5-15,26H,1-4H3. The van der Waals surface area contributed by atoms with Crippen molar-refractivity contribution in [1.29, 1.82) is 0 Å². The third-order valence-corrected chi connectivity index (χ3v) is 26.5. The second-order valence-electron chi connectivity index (χ2n) is 34.8. The Kier molecular flexibility index (Phi) is 25.0. The fraction of sp³-hybridized carbons (Fsp3) is 0.242. The van der Waals surface area contributed by atoms with Crippen molar-refractivity contribution >= 4 is 118 Å². The van der Waals surface area contributed by atoms with Crippen molar-refractivity contribution in [2.24, 2.45) is 0 Å². The van der Waals surface area contributed by atoms with Gasteiger partial charge in [0.2, 0.25) is 0 Å². The number of aromatic nitrogens is 12. The highest BCUT2D eigenvalue weighted by Crippen LogP contribution is 2.36. The minimum Gasteiger partial charge on any atom is -0.263 e. The van der Waals surface area contributed by atoms with Gasteiger partial charge < -0.3 is 0 Å². The van der Waals surface area contributed by atoms with Gasteiger partial charge in [0.25, 0.3) is 40.1 Å². The molecule has 0 aliphatic carbocycles. The van der Waals surface area contributed by atoms with Gasteiger partial charge >= 0.3 is 0 Å². The Morgan fingerprint density at radius 3 is 1.19 bits per heavy atom. The van der Waals surface area contributed by atoms with E-state index in [-0.39, 0.29) is 41.2 Å². The first-order valence-corrected chi connectivity index (χ1v) is 46.4. The number of para-hydroxylation sites is 1. The van der Waals surface area contributed by atoms with Crippen molar-refractivity contribution < 1.29 is 33.7 Å². The maximum absolute atomic E-state index is 13.2. The summed E-state index contributed by atoms with van der Waals surface area (Å²) >= 11 is 6.36. The van der Waals surface area contributed by atoms with E-state index in [0.717, 1.165) is 82.6 Å². The minimum absolute atomic E-state index is 0.0484. The van der Waals surface area contributed by atoms with Crippen LogP contribution in [0.15, 0.2) is 263 Å². The second-order valence-corrected chi connectivity index (χ2v) is 41.9. The van der Waals surface area contributed by atoms with Crippen LogP contribution in [0.5, 0.6) is 0 Å². The molecule has 124 heavy (non-hydrogen) atoms. The number of hydrogen-bond donors (Lipinski definition) is 4. The van der Waals surface area contributed by atoms with Gasteiger partial charge in [-0.05, 0) is 218 Å². The van der Waals surface area contributed by atoms with E-state index in [2.05, 4.69) is 142 Å². The van der Waals surface area contributed by atoms with E-state index in [4.69, 9.17) is 11.6 Å². The number of hydrogen-bond acceptors (Lipinski definition) is 16. The Hall–Kier alpha value is -12.5. The van der Waals surface area contributed by atoms with Crippen LogP contribution in [0.1, 0.15) is 145 Å². The first-order chi connectivity index (χ1) is 58.2. The van der Waals surface area contributed by atoms with Gasteiger partial charge in [-0.1, -0.05) is 192 Å². The molecule has 0 radical (unpaired) electrons. The normalized spacial score (nSPS) is 12.3. The monoisotopic (exact) mass is 1760 g/mol. The Balaban J connectivity index is 0.000000142. The summed E-state index contributed by atoms with van der Waals surface area (Å²) in [5, 5.41) is 23.2. The Morgan fingerprint density at radius 1 is 0.331 bits per heavy atom. The lowest BCUT2D eigenvalue weighted by Crippen LogP contribution is -2.17. The van der Waals surface area contributed by atoms with Crippen LogP contribution in [0.2, 0.25) is 5.02 Å². The van der Waals surface area contributed by atoms with Crippen LogP contribution in [0, 0.1) is 48.5 Å². The summed E-state index contributed by atoms with van der Waals surface area (Å²) < 4.78 is 122. The van der Waals surface area contributed by atoms with Crippen molar-refractivity contribution in [2.45, 2.75) is 173 Å². The Labute approximate surface area is 730 Å². The molecule has 4 N–H and O–H groups in total. The van der Waals surface area contributed by atoms with Crippen molar-refractivity contribution in [3.8, 4) is 23.0 Å². The highest BCUT2D eigenvalue weighted by molar-refractivity contribution is 7.93. The van der Waals surface area contributed by atoms with E-state index < -0.39 is 40.1 Å². The van der Waals surface area contributed by atoms with Crippen LogP contribution in [0.25, 0.3) is 66.5 Å². The molecular formula is C95H101ClN16O8S4. The number of pyridine rings is 4. The summed E-state index contributed by atoms with van der Waals surface area (Å²) in [4.78, 5) is 18.9. The lowest BCUT2D eigenvalue weighted by Gasteiger charge is -2.19. The molecule has 0 spiro atoms. The number of fused-ring (bicyclic) bond motifs is 4. The number of rotatable bonds is 16. The third-order valence-electron chi connectivity index (χ3n) is 20.7. The number of halogens is 1. The predicted molar refractivity (Wildman–Crippen MR) is 497 cm³/mol. The zero-order chi connectivity index (χ0) is 89.6. The van der Waals surface area contributed by atoms with E-state index in [0.29, 0.717) is 73.9 Å². The van der Waals surface area contributed by atoms with Crippen LogP contribution >= 0.6 is 11.6 Å². The SMILES string of the molecule is Cc1cc(NS(=O)(=O)c2ccc(C(C)(C)C)cc2)n(-c2ccc(Cl)c3nccc(C)c23)n1.Cc1cc(NS(=O)(=O)c2ccc(C(C)(C)C)cc2)n(-c2ccc3ccccc3n2)n1.Cc1cc(NS(=O)(=O)c2ccc(C(C)(C)C)cc2)n(-c2ncc(C)c3ccccc23)n1.Cc1cnc2cccc(-n3nc(C)cc3NS(=O)(=O)c3ccc(C(C)(C)C)cc3)c2c1. The van der Waals surface area contributed by atoms with Crippen molar-refractivity contribution in [1.82, 2.24) is 59.1 Å². The second kappa shape index (κ2) is 34.7. The van der Waals surface area contributed by atoms with E-state index in [1.54, 1.807) is 105 Å². The molecule has 8 aromatic carbocycles. The molecule has 640 valence electrons. The highest BCUT2D eigenvalue weighted by atomic mass is 35.5. The van der Waals surface area contributed by atoms with Gasteiger partial charge in [0.1, 0.15) is 23.3 Å². The number of benzene rings is 8. The number of nitrogens with zero attached hydrogens (tertiary/aromatic N) is 12. The molecule has 16 aromatic rings. The number of nitrogens with one attached hydrogen (secondary N) is 4. The van der Waals surface area contributed by atoms with Gasteiger partial charge in [0.15, 0.2) is 11.6 Å². The summed E-state index contributed by atoms with van der Waals surface area (Å²) in [5.41, 5.74) is 13.6. The van der Waals surface area contributed by atoms with E-state index in [9.17, 15) is 33.7 Å². The first-order valence-electron chi connectivity index (χ1n) is 40.1. The molecule has 0 unspecified atom stereocenters. The van der Waals surface area contributed by atoms with E-state index in [1.807, 2.05) is 200 Å². The Bertz CT molecular complexity index is 7050. The molecule has 8 aromatic heterocycles. The third kappa shape index (κ3) is 20.1. The van der Waals surface area contributed by atoms with Crippen molar-refractivity contribution in [2.75, 3.05) is 18.9 Å². The quantitative estimate of drug-likeness (QED) is 0.0698. The lowest BCUT2D eigenvalue weighted by atomic mass is 9.87. The van der Waals surface area contributed by atoms with Crippen molar-refractivity contribution in [3.63, 3.8) is 0 Å². The van der Waals surface area contributed by atoms with Gasteiger partial charge in [0.05, 0.1) is 75.3 Å². The number of sulfonamides is 4. The predicted octanol–water partition coefficient (Wildman–Crippen LogP) is 20.9. The molecule has 0 atom stereocenters. The molecule has 0 saturated carbocycles. The van der Waals surface area contributed by atoms with Crippen LogP contribution in [0.3, 0.4) is 0 Å². The average molecular weight is 1760 g/mol. The van der Waals surface area contributed by atoms with Gasteiger partial charge in [-0.25, -0.2) is 53.0 Å². The summed E-state index contributed by atoms with van der Waals surface area (Å²) in [7, 11) is -15.2. The molecule has 0 fully saturated rings. The average Bonchev–Trinajstić information content (AvgIpc) is 1.52. The largest absolute Gasteiger partial charge is 0.263 e. The van der Waals surface area contributed by atoms with Crippen LogP contribution in [-0.2, 0) is 61.8 Å². The summed E-state index contributed by atoms with van der Waals surface area (Å²) in [5.74, 6) is 2.53. The Morgan fingerprint density at radius 2 is 0.726 bits per heavy atom. The smallest absolute Gasteiger partial charge is 0.263 e. The lowest BCUT2D eigenvalue weighted by molar-refractivity contribution is 0.587.